The lowest BCUT2D eigenvalue weighted by atomic mass is 9.77. The van der Waals surface area contributed by atoms with Crippen LogP contribution in [0.5, 0.6) is 0 Å². The highest BCUT2D eigenvalue weighted by Gasteiger charge is 2.50. The van der Waals surface area contributed by atoms with Gasteiger partial charge in [0.25, 0.3) is 0 Å². The zero-order valence-corrected chi connectivity index (χ0v) is 22.4. The Morgan fingerprint density at radius 1 is 1.13 bits per heavy atom. The molecule has 39 heavy (non-hydrogen) atoms. The molecular weight excluding hydrogens is 499 g/mol. The van der Waals surface area contributed by atoms with Gasteiger partial charge in [-0.3, -0.25) is 9.89 Å². The summed E-state index contributed by atoms with van der Waals surface area (Å²) < 4.78 is 14.8. The number of halogens is 1. The van der Waals surface area contributed by atoms with E-state index >= 15 is 0 Å². The van der Waals surface area contributed by atoms with Gasteiger partial charge >= 0.3 is 0 Å². The Bertz CT molecular complexity index is 1430. The van der Waals surface area contributed by atoms with E-state index in [-0.39, 0.29) is 23.3 Å². The monoisotopic (exact) mass is 532 g/mol. The van der Waals surface area contributed by atoms with Crippen molar-refractivity contribution in [3.05, 3.63) is 47.8 Å². The number of aliphatic imine (C=N–C) groups is 1. The summed E-state index contributed by atoms with van der Waals surface area (Å²) >= 11 is 0. The SMILES string of the molecule is Cc1cc(Nc2cc(C)nc(N3CCC4(CC3)CCN([C@@H](C)C3C=NC(n5cc(F)cn5)=CC3)C4=O)n2)[nH]n1. The van der Waals surface area contributed by atoms with Gasteiger partial charge in [-0.1, -0.05) is 0 Å². The minimum atomic E-state index is -0.393. The number of nitrogens with zero attached hydrogens (tertiary/aromatic N) is 8. The summed E-state index contributed by atoms with van der Waals surface area (Å²) in [5, 5.41) is 14.4. The van der Waals surface area contributed by atoms with Crippen LogP contribution in [0, 0.1) is 31.0 Å². The topological polar surface area (TPSA) is 120 Å². The van der Waals surface area contributed by atoms with Crippen molar-refractivity contribution in [2.24, 2.45) is 16.3 Å². The first-order valence-corrected chi connectivity index (χ1v) is 13.5. The number of piperidine rings is 1. The van der Waals surface area contributed by atoms with E-state index in [1.165, 1.54) is 17.1 Å². The number of carbonyl (C=O) groups excluding carboxylic acids is 1. The molecule has 1 unspecified atom stereocenters. The van der Waals surface area contributed by atoms with Crippen molar-refractivity contribution < 1.29 is 9.18 Å². The van der Waals surface area contributed by atoms with Crippen LogP contribution < -0.4 is 10.2 Å². The number of aromatic nitrogens is 6. The van der Waals surface area contributed by atoms with E-state index in [0.717, 1.165) is 62.5 Å². The third-order valence-electron chi connectivity index (χ3n) is 8.23. The number of aromatic amines is 1. The smallest absolute Gasteiger partial charge is 0.229 e. The summed E-state index contributed by atoms with van der Waals surface area (Å²) in [5.74, 6) is 2.74. The third-order valence-corrected chi connectivity index (χ3v) is 8.23. The average Bonchev–Trinajstić information content (AvgIpc) is 3.63. The zero-order chi connectivity index (χ0) is 27.1. The second-order valence-corrected chi connectivity index (χ2v) is 10.8. The van der Waals surface area contributed by atoms with Crippen LogP contribution in [-0.2, 0) is 4.79 Å². The number of nitrogens with one attached hydrogen (secondary N) is 2. The third kappa shape index (κ3) is 4.90. The lowest BCUT2D eigenvalue weighted by molar-refractivity contribution is -0.139. The molecule has 2 atom stereocenters. The first kappa shape index (κ1) is 25.2. The van der Waals surface area contributed by atoms with E-state index in [1.807, 2.05) is 43.2 Å². The summed E-state index contributed by atoms with van der Waals surface area (Å²) in [5.41, 5.74) is 1.44. The number of hydrogen-bond acceptors (Lipinski definition) is 8. The van der Waals surface area contributed by atoms with Crippen LogP contribution in [0.4, 0.5) is 22.0 Å². The normalized spacial score (nSPS) is 21.5. The highest BCUT2D eigenvalue weighted by Crippen LogP contribution is 2.43. The van der Waals surface area contributed by atoms with Crippen LogP contribution in [0.3, 0.4) is 0 Å². The Hall–Kier alpha value is -4.09. The van der Waals surface area contributed by atoms with Gasteiger partial charge in [0.2, 0.25) is 11.9 Å². The second kappa shape index (κ2) is 9.90. The van der Waals surface area contributed by atoms with E-state index in [4.69, 9.17) is 4.98 Å². The van der Waals surface area contributed by atoms with Crippen molar-refractivity contribution in [3.8, 4) is 0 Å². The number of amides is 1. The van der Waals surface area contributed by atoms with Crippen molar-refractivity contribution in [1.29, 1.82) is 0 Å². The van der Waals surface area contributed by atoms with Crippen LogP contribution in [0.25, 0.3) is 5.82 Å². The minimum absolute atomic E-state index is 0.0330. The number of anilines is 3. The molecule has 11 nitrogen and oxygen atoms in total. The number of allylic oxidation sites excluding steroid dienone is 1. The molecule has 12 heteroatoms. The lowest BCUT2D eigenvalue weighted by Crippen LogP contribution is -2.48. The zero-order valence-electron chi connectivity index (χ0n) is 22.4. The molecule has 3 aliphatic rings. The summed E-state index contributed by atoms with van der Waals surface area (Å²) in [7, 11) is 0. The van der Waals surface area contributed by atoms with Crippen molar-refractivity contribution in [1.82, 2.24) is 34.8 Å². The van der Waals surface area contributed by atoms with Crippen LogP contribution in [0.2, 0.25) is 0 Å². The summed E-state index contributed by atoms with van der Waals surface area (Å²) in [6.45, 7) is 8.21. The molecule has 6 heterocycles. The van der Waals surface area contributed by atoms with Crippen LogP contribution >= 0.6 is 0 Å². The minimum Gasteiger partial charge on any atom is -0.341 e. The molecule has 2 saturated heterocycles. The van der Waals surface area contributed by atoms with E-state index < -0.39 is 5.82 Å². The number of aryl methyl sites for hydroxylation is 2. The van der Waals surface area contributed by atoms with Gasteiger partial charge in [-0.15, -0.1) is 0 Å². The second-order valence-electron chi connectivity index (χ2n) is 10.8. The molecule has 1 amide bonds. The quantitative estimate of drug-likeness (QED) is 0.497. The molecule has 3 aromatic heterocycles. The van der Waals surface area contributed by atoms with Crippen molar-refractivity contribution in [2.75, 3.05) is 29.9 Å². The number of likely N-dealkylation sites (tertiary alicyclic amines) is 1. The number of hydrogen-bond donors (Lipinski definition) is 2. The molecule has 204 valence electrons. The molecule has 2 N–H and O–H groups in total. The maximum Gasteiger partial charge on any atom is 0.229 e. The van der Waals surface area contributed by atoms with E-state index in [2.05, 4.69) is 42.4 Å². The molecule has 0 aromatic carbocycles. The Morgan fingerprint density at radius 3 is 2.59 bits per heavy atom. The maximum atomic E-state index is 13.8. The predicted octanol–water partition coefficient (Wildman–Crippen LogP) is 3.69. The van der Waals surface area contributed by atoms with Gasteiger partial charge in [0.05, 0.1) is 23.5 Å². The molecule has 0 radical (unpaired) electrons. The van der Waals surface area contributed by atoms with Gasteiger partial charge in [-0.2, -0.15) is 15.2 Å². The van der Waals surface area contributed by atoms with Gasteiger partial charge in [0.1, 0.15) is 17.5 Å². The molecule has 6 rings (SSSR count). The summed E-state index contributed by atoms with van der Waals surface area (Å²) in [6, 6.07) is 3.87. The fraction of sp³-hybridized carbons (Fsp3) is 0.481. The Balaban J connectivity index is 1.08. The Kier molecular flexibility index (Phi) is 6.40. The Labute approximate surface area is 226 Å². The molecule has 1 spiro atoms. The molecule has 0 saturated carbocycles. The van der Waals surface area contributed by atoms with E-state index in [0.29, 0.717) is 17.6 Å². The number of carbonyl (C=O) groups is 1. The largest absolute Gasteiger partial charge is 0.341 e. The van der Waals surface area contributed by atoms with Gasteiger partial charge in [0.15, 0.2) is 5.82 Å². The van der Waals surface area contributed by atoms with E-state index in [1.54, 1.807) is 0 Å². The highest BCUT2D eigenvalue weighted by atomic mass is 19.1. The highest BCUT2D eigenvalue weighted by molar-refractivity contribution is 5.86. The number of H-pyrrole nitrogens is 1. The van der Waals surface area contributed by atoms with Crippen LogP contribution in [0.15, 0.2) is 35.6 Å². The summed E-state index contributed by atoms with van der Waals surface area (Å²) in [4.78, 5) is 31.9. The average molecular weight is 533 g/mol. The standard InChI is InChI=1S/C27H33FN10O/c1-17-12-22(32-23-13-18(2)34-35-23)33-26(31-17)36-9-6-27(7-10-36)8-11-37(25(27)39)19(3)20-4-5-24(29-14-20)38-16-21(28)15-30-38/h5,12-16,19-20H,4,6-11H2,1-3H3,(H2,31,32,33,34,35)/t19-,20?/m0/s1. The number of rotatable bonds is 6. The molecule has 3 aromatic rings. The van der Waals surface area contributed by atoms with Crippen molar-refractivity contribution in [3.63, 3.8) is 0 Å². The fourth-order valence-electron chi connectivity index (χ4n) is 5.88. The Morgan fingerprint density at radius 2 is 1.92 bits per heavy atom. The van der Waals surface area contributed by atoms with Gasteiger partial charge in [-0.25, -0.2) is 19.0 Å². The van der Waals surface area contributed by atoms with Gasteiger partial charge in [-0.05, 0) is 52.5 Å². The lowest BCUT2D eigenvalue weighted by Gasteiger charge is -2.39. The molecule has 3 aliphatic heterocycles. The fourth-order valence-corrected chi connectivity index (χ4v) is 5.88. The maximum absolute atomic E-state index is 13.8. The van der Waals surface area contributed by atoms with Crippen LogP contribution in [-0.4, -0.2) is 72.6 Å². The van der Waals surface area contributed by atoms with Crippen molar-refractivity contribution in [2.45, 2.75) is 52.5 Å². The first-order valence-electron chi connectivity index (χ1n) is 13.5. The predicted molar refractivity (Wildman–Crippen MR) is 146 cm³/mol. The molecule has 0 aliphatic carbocycles. The first-order chi connectivity index (χ1) is 18.8. The molecular formula is C27H33FN10O. The summed E-state index contributed by atoms with van der Waals surface area (Å²) in [6.07, 6.45) is 9.47. The molecule has 0 bridgehead atoms. The van der Waals surface area contributed by atoms with Crippen molar-refractivity contribution >= 4 is 35.5 Å². The molecule has 2 fully saturated rings. The van der Waals surface area contributed by atoms with E-state index in [9.17, 15) is 9.18 Å². The van der Waals surface area contributed by atoms with Crippen LogP contribution in [0.1, 0.15) is 44.0 Å². The van der Waals surface area contributed by atoms with Gasteiger partial charge in [0, 0.05) is 55.6 Å². The van der Waals surface area contributed by atoms with Gasteiger partial charge < -0.3 is 15.1 Å².